The van der Waals surface area contributed by atoms with Gasteiger partial charge in [-0.2, -0.15) is 0 Å². The molecule has 4 heteroatoms. The summed E-state index contributed by atoms with van der Waals surface area (Å²) in [6.07, 6.45) is 1.16. The van der Waals surface area contributed by atoms with E-state index in [1.54, 1.807) is 7.11 Å². The molecule has 0 radical (unpaired) electrons. The summed E-state index contributed by atoms with van der Waals surface area (Å²) in [7, 11) is 1.72. The Labute approximate surface area is 128 Å². The van der Waals surface area contributed by atoms with Gasteiger partial charge in [0.2, 0.25) is 0 Å². The third-order valence-electron chi connectivity index (χ3n) is 4.53. The molecule has 2 N–H and O–H groups in total. The number of rotatable bonds is 7. The van der Waals surface area contributed by atoms with Gasteiger partial charge in [0, 0.05) is 32.4 Å². The number of aryl methyl sites for hydroxylation is 1. The van der Waals surface area contributed by atoms with Crippen LogP contribution < -0.4 is 10.2 Å². The lowest BCUT2D eigenvalue weighted by molar-refractivity contribution is 0.199. The minimum atomic E-state index is 0.237. The zero-order valence-corrected chi connectivity index (χ0v) is 13.4. The van der Waals surface area contributed by atoms with Crippen LogP contribution in [0.5, 0.6) is 0 Å². The Balaban J connectivity index is 2.01. The Morgan fingerprint density at radius 1 is 1.43 bits per heavy atom. The molecular weight excluding hydrogens is 264 g/mol. The highest BCUT2D eigenvalue weighted by molar-refractivity contribution is 5.52. The van der Waals surface area contributed by atoms with Crippen LogP contribution in [0.15, 0.2) is 18.2 Å². The molecule has 1 saturated heterocycles. The monoisotopic (exact) mass is 292 g/mol. The Bertz CT molecular complexity index is 450. The summed E-state index contributed by atoms with van der Waals surface area (Å²) >= 11 is 0. The van der Waals surface area contributed by atoms with Gasteiger partial charge >= 0.3 is 0 Å². The van der Waals surface area contributed by atoms with Crippen LogP contribution in [0, 0.1) is 12.8 Å². The zero-order valence-electron chi connectivity index (χ0n) is 13.4. The van der Waals surface area contributed by atoms with Crippen molar-refractivity contribution in [2.75, 3.05) is 38.3 Å². The summed E-state index contributed by atoms with van der Waals surface area (Å²) in [5.41, 5.74) is 3.85. The summed E-state index contributed by atoms with van der Waals surface area (Å²) in [6.45, 7) is 8.13. The maximum absolute atomic E-state index is 9.60. The van der Waals surface area contributed by atoms with Gasteiger partial charge in [0.05, 0.1) is 19.3 Å². The Kier molecular flexibility index (Phi) is 6.03. The first-order chi connectivity index (χ1) is 10.2. The van der Waals surface area contributed by atoms with E-state index in [-0.39, 0.29) is 12.6 Å². The van der Waals surface area contributed by atoms with E-state index in [1.165, 1.54) is 16.8 Å². The first kappa shape index (κ1) is 16.3. The molecule has 0 amide bonds. The number of aliphatic hydroxyl groups excluding tert-OH is 1. The molecule has 21 heavy (non-hydrogen) atoms. The quantitative estimate of drug-likeness (QED) is 0.754. The number of nitrogens with one attached hydrogen (secondary N) is 1. The molecule has 1 heterocycles. The first-order valence-electron chi connectivity index (χ1n) is 7.84. The molecule has 0 bridgehead atoms. The molecule has 1 aliphatic heterocycles. The average molecular weight is 292 g/mol. The first-order valence-corrected chi connectivity index (χ1v) is 7.84. The number of aliphatic hydroxyl groups is 1. The molecule has 2 atom stereocenters. The predicted molar refractivity (Wildman–Crippen MR) is 86.8 cm³/mol. The van der Waals surface area contributed by atoms with Gasteiger partial charge in [0.25, 0.3) is 0 Å². The van der Waals surface area contributed by atoms with Gasteiger partial charge in [-0.1, -0.05) is 13.0 Å². The van der Waals surface area contributed by atoms with Crippen LogP contribution >= 0.6 is 0 Å². The van der Waals surface area contributed by atoms with E-state index in [2.05, 4.69) is 42.3 Å². The van der Waals surface area contributed by atoms with Crippen LogP contribution in [0.1, 0.15) is 24.5 Å². The smallest absolute Gasteiger partial charge is 0.0637 e. The Morgan fingerprint density at radius 3 is 2.90 bits per heavy atom. The summed E-state index contributed by atoms with van der Waals surface area (Å²) in [5, 5.41) is 13.0. The highest BCUT2D eigenvalue weighted by atomic mass is 16.5. The van der Waals surface area contributed by atoms with Gasteiger partial charge < -0.3 is 20.1 Å². The van der Waals surface area contributed by atoms with E-state index in [4.69, 9.17) is 4.74 Å². The van der Waals surface area contributed by atoms with Crippen molar-refractivity contribution >= 4 is 5.69 Å². The maximum atomic E-state index is 9.60. The molecular formula is C17H28N2O2. The summed E-state index contributed by atoms with van der Waals surface area (Å²) in [6, 6.07) is 6.88. The van der Waals surface area contributed by atoms with Crippen molar-refractivity contribution in [2.24, 2.45) is 5.92 Å². The molecule has 0 saturated carbocycles. The van der Waals surface area contributed by atoms with Crippen LogP contribution in [0.2, 0.25) is 0 Å². The molecule has 2 rings (SSSR count). The number of methoxy groups -OCH3 is 1. The second-order valence-corrected chi connectivity index (χ2v) is 5.99. The molecule has 118 valence electrons. The van der Waals surface area contributed by atoms with E-state index >= 15 is 0 Å². The van der Waals surface area contributed by atoms with Crippen molar-refractivity contribution in [3.8, 4) is 0 Å². The molecule has 1 aromatic carbocycles. The lowest BCUT2D eigenvalue weighted by Crippen LogP contribution is -2.35. The van der Waals surface area contributed by atoms with Crippen molar-refractivity contribution in [2.45, 2.75) is 32.9 Å². The van der Waals surface area contributed by atoms with Crippen LogP contribution in [0.4, 0.5) is 5.69 Å². The van der Waals surface area contributed by atoms with E-state index in [0.29, 0.717) is 5.92 Å². The lowest BCUT2D eigenvalue weighted by atomic mass is 10.0. The molecule has 2 unspecified atom stereocenters. The van der Waals surface area contributed by atoms with Crippen LogP contribution in [0.3, 0.4) is 0 Å². The van der Waals surface area contributed by atoms with Crippen LogP contribution in [-0.4, -0.2) is 44.6 Å². The topological polar surface area (TPSA) is 44.7 Å². The fraction of sp³-hybridized carbons (Fsp3) is 0.647. The Morgan fingerprint density at radius 2 is 2.24 bits per heavy atom. The van der Waals surface area contributed by atoms with E-state index in [1.807, 2.05) is 0 Å². The summed E-state index contributed by atoms with van der Waals surface area (Å²) < 4.78 is 5.04. The summed E-state index contributed by atoms with van der Waals surface area (Å²) in [5.74, 6) is 0.561. The minimum Gasteiger partial charge on any atom is -0.394 e. The van der Waals surface area contributed by atoms with Gasteiger partial charge in [-0.15, -0.1) is 0 Å². The maximum Gasteiger partial charge on any atom is 0.0637 e. The second kappa shape index (κ2) is 7.78. The molecule has 0 aromatic heterocycles. The van der Waals surface area contributed by atoms with Gasteiger partial charge in [-0.25, -0.2) is 0 Å². The third-order valence-corrected chi connectivity index (χ3v) is 4.53. The van der Waals surface area contributed by atoms with Gasteiger partial charge in [-0.3, -0.25) is 0 Å². The second-order valence-electron chi connectivity index (χ2n) is 5.99. The fourth-order valence-corrected chi connectivity index (χ4v) is 3.06. The zero-order chi connectivity index (χ0) is 15.2. The number of hydrogen-bond donors (Lipinski definition) is 2. The van der Waals surface area contributed by atoms with Crippen molar-refractivity contribution in [3.05, 3.63) is 29.3 Å². The Hall–Kier alpha value is -1.10. The van der Waals surface area contributed by atoms with Gasteiger partial charge in [0.1, 0.15) is 0 Å². The van der Waals surface area contributed by atoms with Crippen LogP contribution in [0.25, 0.3) is 0 Å². The lowest BCUT2D eigenvalue weighted by Gasteiger charge is -2.28. The van der Waals surface area contributed by atoms with Gasteiger partial charge in [-0.05, 0) is 42.5 Å². The largest absolute Gasteiger partial charge is 0.394 e. The van der Waals surface area contributed by atoms with Crippen molar-refractivity contribution in [3.63, 3.8) is 0 Å². The predicted octanol–water partition coefficient (Wildman–Crippen LogP) is 1.94. The SMILES string of the molecule is COCCNCc1ccc(N2CCC(C)C2CO)cc1C. The molecule has 1 aromatic rings. The highest BCUT2D eigenvalue weighted by Gasteiger charge is 2.30. The molecule has 1 fully saturated rings. The number of benzene rings is 1. The molecule has 0 aliphatic carbocycles. The van der Waals surface area contributed by atoms with E-state index in [0.717, 1.165) is 32.7 Å². The minimum absolute atomic E-state index is 0.237. The number of anilines is 1. The van der Waals surface area contributed by atoms with Crippen molar-refractivity contribution in [1.82, 2.24) is 5.32 Å². The number of ether oxygens (including phenoxy) is 1. The van der Waals surface area contributed by atoms with Crippen LogP contribution in [-0.2, 0) is 11.3 Å². The van der Waals surface area contributed by atoms with Crippen molar-refractivity contribution < 1.29 is 9.84 Å². The molecule has 1 aliphatic rings. The number of nitrogens with zero attached hydrogens (tertiary/aromatic N) is 1. The summed E-state index contributed by atoms with van der Waals surface area (Å²) in [4.78, 5) is 2.35. The van der Waals surface area contributed by atoms with E-state index in [9.17, 15) is 5.11 Å². The van der Waals surface area contributed by atoms with Gasteiger partial charge in [0.15, 0.2) is 0 Å². The van der Waals surface area contributed by atoms with Crippen molar-refractivity contribution in [1.29, 1.82) is 0 Å². The normalized spacial score (nSPS) is 22.0. The highest BCUT2D eigenvalue weighted by Crippen LogP contribution is 2.30. The fourth-order valence-electron chi connectivity index (χ4n) is 3.06. The number of hydrogen-bond acceptors (Lipinski definition) is 4. The average Bonchev–Trinajstić information content (AvgIpc) is 2.85. The molecule has 0 spiro atoms. The standard InChI is InChI=1S/C17H28N2O2/c1-13-6-8-19(17(13)12-20)16-5-4-15(14(2)10-16)11-18-7-9-21-3/h4-5,10,13,17-18,20H,6-9,11-12H2,1-3H3. The third kappa shape index (κ3) is 3.96. The van der Waals surface area contributed by atoms with E-state index < -0.39 is 0 Å². The molecule has 4 nitrogen and oxygen atoms in total.